The second kappa shape index (κ2) is 9.18. The van der Waals surface area contributed by atoms with E-state index in [1.54, 1.807) is 19.4 Å². The summed E-state index contributed by atoms with van der Waals surface area (Å²) >= 11 is 0. The Hall–Kier alpha value is -3.26. The molecule has 3 aromatic rings. The summed E-state index contributed by atoms with van der Waals surface area (Å²) in [6, 6.07) is 6.47. The van der Waals surface area contributed by atoms with E-state index < -0.39 is 0 Å². The number of likely N-dealkylation sites (tertiary alicyclic amines) is 1. The summed E-state index contributed by atoms with van der Waals surface area (Å²) in [6.07, 6.45) is 6.64. The third kappa shape index (κ3) is 4.18. The summed E-state index contributed by atoms with van der Waals surface area (Å²) in [5.74, 6) is 0.207. The average molecular weight is 461 g/mol. The number of piperidine rings is 1. The van der Waals surface area contributed by atoms with Gasteiger partial charge in [-0.25, -0.2) is 4.98 Å². The minimum Gasteiger partial charge on any atom is -0.370 e. The maximum atomic E-state index is 12.5. The smallest absolute Gasteiger partial charge is 0.269 e. The van der Waals surface area contributed by atoms with Crippen LogP contribution in [-0.4, -0.2) is 65.0 Å². The highest BCUT2D eigenvalue weighted by molar-refractivity contribution is 5.92. The fourth-order valence-corrected chi connectivity index (χ4v) is 5.72. The molecule has 0 aromatic carbocycles. The molecule has 8 nitrogen and oxygen atoms in total. The minimum atomic E-state index is -0.149. The number of carbonyl (C=O) groups is 1. The van der Waals surface area contributed by atoms with Gasteiger partial charge in [0.05, 0.1) is 16.8 Å². The van der Waals surface area contributed by atoms with Crippen LogP contribution in [0.5, 0.6) is 0 Å². The van der Waals surface area contributed by atoms with Gasteiger partial charge in [0.2, 0.25) is 0 Å². The van der Waals surface area contributed by atoms with Crippen LogP contribution in [0.25, 0.3) is 10.8 Å². The zero-order valence-corrected chi connectivity index (χ0v) is 20.1. The maximum Gasteiger partial charge on any atom is 0.269 e. The standard InChI is InChI=1S/C26H32N6O2/c1-16-12-23(26(34)27-3)29-17(2)24(16)31-10-6-20(7-11-31)32-9-5-19(15-32)22-13-18-4-8-28-14-21(18)25(33)30-22/h4,8,12-14,19-20H,5-7,9-11,15H2,1-3H3,(H,27,34)(H,30,33). The Kier molecular flexibility index (Phi) is 6.08. The van der Waals surface area contributed by atoms with E-state index in [-0.39, 0.29) is 11.5 Å². The Morgan fingerprint density at radius 3 is 2.68 bits per heavy atom. The van der Waals surface area contributed by atoms with Gasteiger partial charge in [-0.3, -0.25) is 19.5 Å². The van der Waals surface area contributed by atoms with Crippen LogP contribution in [0.2, 0.25) is 0 Å². The highest BCUT2D eigenvalue weighted by Crippen LogP contribution is 2.33. The molecule has 0 spiro atoms. The van der Waals surface area contributed by atoms with Gasteiger partial charge in [-0.1, -0.05) is 0 Å². The van der Waals surface area contributed by atoms with Crippen LogP contribution in [0, 0.1) is 13.8 Å². The highest BCUT2D eigenvalue weighted by atomic mass is 16.1. The van der Waals surface area contributed by atoms with Crippen LogP contribution >= 0.6 is 0 Å². The lowest BCUT2D eigenvalue weighted by Gasteiger charge is -2.39. The van der Waals surface area contributed by atoms with Gasteiger partial charge in [-0.05, 0) is 68.8 Å². The van der Waals surface area contributed by atoms with Crippen LogP contribution in [0.15, 0.2) is 35.4 Å². The zero-order valence-electron chi connectivity index (χ0n) is 20.1. The predicted octanol–water partition coefficient (Wildman–Crippen LogP) is 2.75. The van der Waals surface area contributed by atoms with Gasteiger partial charge in [-0.2, -0.15) is 0 Å². The van der Waals surface area contributed by atoms with Crippen LogP contribution in [0.1, 0.15) is 52.6 Å². The fraction of sp³-hybridized carbons (Fsp3) is 0.462. The van der Waals surface area contributed by atoms with Crippen molar-refractivity contribution in [3.8, 4) is 0 Å². The number of amides is 1. The molecular formula is C26H32N6O2. The summed E-state index contributed by atoms with van der Waals surface area (Å²) in [5.41, 5.74) is 4.64. The maximum absolute atomic E-state index is 12.5. The largest absolute Gasteiger partial charge is 0.370 e. The number of nitrogens with one attached hydrogen (secondary N) is 2. The number of H-pyrrole nitrogens is 1. The number of hydrogen-bond acceptors (Lipinski definition) is 6. The molecule has 34 heavy (non-hydrogen) atoms. The molecule has 0 radical (unpaired) electrons. The molecule has 3 aromatic heterocycles. The van der Waals surface area contributed by atoms with Crippen molar-refractivity contribution in [2.45, 2.75) is 45.1 Å². The molecule has 5 heterocycles. The van der Waals surface area contributed by atoms with Crippen LogP contribution in [-0.2, 0) is 0 Å². The van der Waals surface area contributed by atoms with E-state index in [1.165, 1.54) is 0 Å². The molecule has 1 atom stereocenters. The lowest BCUT2D eigenvalue weighted by molar-refractivity contribution is 0.0958. The Bertz CT molecular complexity index is 1250. The summed E-state index contributed by atoms with van der Waals surface area (Å²) in [7, 11) is 1.63. The van der Waals surface area contributed by atoms with Crippen molar-refractivity contribution < 1.29 is 4.79 Å². The molecular weight excluding hydrogens is 428 g/mol. The molecule has 2 aliphatic rings. The number of rotatable bonds is 4. The van der Waals surface area contributed by atoms with Gasteiger partial charge in [0, 0.05) is 56.7 Å². The first-order valence-corrected chi connectivity index (χ1v) is 12.1. The van der Waals surface area contributed by atoms with Crippen LogP contribution in [0.3, 0.4) is 0 Å². The molecule has 0 aliphatic carbocycles. The first kappa shape index (κ1) is 22.5. The van der Waals surface area contributed by atoms with Crippen molar-refractivity contribution >= 4 is 22.4 Å². The molecule has 178 valence electrons. The van der Waals surface area contributed by atoms with Gasteiger partial charge in [0.25, 0.3) is 11.5 Å². The molecule has 0 saturated carbocycles. The first-order valence-electron chi connectivity index (χ1n) is 12.1. The molecule has 2 aliphatic heterocycles. The van der Waals surface area contributed by atoms with E-state index in [4.69, 9.17) is 0 Å². The van der Waals surface area contributed by atoms with Crippen molar-refractivity contribution in [2.24, 2.45) is 0 Å². The third-order valence-electron chi connectivity index (χ3n) is 7.44. The molecule has 2 N–H and O–H groups in total. The van der Waals surface area contributed by atoms with Gasteiger partial charge in [-0.15, -0.1) is 0 Å². The number of carbonyl (C=O) groups excluding carboxylic acids is 1. The number of fused-ring (bicyclic) bond motifs is 1. The first-order chi connectivity index (χ1) is 16.4. The van der Waals surface area contributed by atoms with Gasteiger partial charge in [0.15, 0.2) is 0 Å². The van der Waals surface area contributed by atoms with Crippen molar-refractivity contribution in [1.29, 1.82) is 0 Å². The Morgan fingerprint density at radius 1 is 1.15 bits per heavy atom. The van der Waals surface area contributed by atoms with Crippen LogP contribution < -0.4 is 15.8 Å². The van der Waals surface area contributed by atoms with Crippen LogP contribution in [0.4, 0.5) is 5.69 Å². The summed E-state index contributed by atoms with van der Waals surface area (Å²) in [5, 5.41) is 4.27. The normalized spacial score (nSPS) is 19.6. The molecule has 2 saturated heterocycles. The van der Waals surface area contributed by atoms with Crippen molar-refractivity contribution in [2.75, 3.05) is 38.1 Å². The lowest BCUT2D eigenvalue weighted by Crippen LogP contribution is -2.44. The topological polar surface area (TPSA) is 94.2 Å². The number of nitrogens with zero attached hydrogens (tertiary/aromatic N) is 4. The second-order valence-electron chi connectivity index (χ2n) is 9.55. The zero-order chi connectivity index (χ0) is 23.8. The predicted molar refractivity (Wildman–Crippen MR) is 134 cm³/mol. The van der Waals surface area contributed by atoms with E-state index in [9.17, 15) is 9.59 Å². The summed E-state index contributed by atoms with van der Waals surface area (Å²) in [4.78, 5) is 41.2. The molecule has 0 bridgehead atoms. The lowest BCUT2D eigenvalue weighted by atomic mass is 10.0. The Morgan fingerprint density at radius 2 is 1.94 bits per heavy atom. The molecule has 2 fully saturated rings. The quantitative estimate of drug-likeness (QED) is 0.622. The monoisotopic (exact) mass is 460 g/mol. The number of pyridine rings is 3. The molecule has 1 unspecified atom stereocenters. The second-order valence-corrected chi connectivity index (χ2v) is 9.55. The molecule has 8 heteroatoms. The fourth-order valence-electron chi connectivity index (χ4n) is 5.72. The number of anilines is 1. The van der Waals surface area contributed by atoms with E-state index in [1.807, 2.05) is 19.1 Å². The molecule has 1 amide bonds. The van der Waals surface area contributed by atoms with Crippen molar-refractivity contribution in [1.82, 2.24) is 25.2 Å². The average Bonchev–Trinajstić information content (AvgIpc) is 3.34. The highest BCUT2D eigenvalue weighted by Gasteiger charge is 2.32. The van der Waals surface area contributed by atoms with Gasteiger partial charge in [0.1, 0.15) is 5.69 Å². The van der Waals surface area contributed by atoms with Crippen molar-refractivity contribution in [3.05, 3.63) is 63.6 Å². The van der Waals surface area contributed by atoms with E-state index in [0.717, 1.165) is 73.5 Å². The SMILES string of the molecule is CNC(=O)c1cc(C)c(N2CCC(N3CCC(c4cc5ccncc5c(=O)[nH]4)C3)CC2)c(C)n1. The Balaban J connectivity index is 1.24. The minimum absolute atomic E-state index is 0.0471. The van der Waals surface area contributed by atoms with Crippen molar-refractivity contribution in [3.63, 3.8) is 0 Å². The third-order valence-corrected chi connectivity index (χ3v) is 7.44. The van der Waals surface area contributed by atoms with E-state index >= 15 is 0 Å². The number of aryl methyl sites for hydroxylation is 2. The number of aromatic nitrogens is 3. The van der Waals surface area contributed by atoms with Gasteiger partial charge < -0.3 is 15.2 Å². The number of hydrogen-bond donors (Lipinski definition) is 2. The molecule has 5 rings (SSSR count). The summed E-state index contributed by atoms with van der Waals surface area (Å²) in [6.45, 7) is 8.06. The van der Waals surface area contributed by atoms with E-state index in [2.05, 4.69) is 43.1 Å². The summed E-state index contributed by atoms with van der Waals surface area (Å²) < 4.78 is 0. The Labute approximate surface area is 199 Å². The van der Waals surface area contributed by atoms with Gasteiger partial charge >= 0.3 is 0 Å². The van der Waals surface area contributed by atoms with E-state index in [0.29, 0.717) is 23.0 Å². The number of aromatic amines is 1.